The van der Waals surface area contributed by atoms with Crippen LogP contribution in [0.25, 0.3) is 0 Å². The van der Waals surface area contributed by atoms with Crippen LogP contribution >= 0.6 is 0 Å². The summed E-state index contributed by atoms with van der Waals surface area (Å²) in [6.07, 6.45) is 11.5. The molecule has 0 spiro atoms. The van der Waals surface area contributed by atoms with E-state index < -0.39 is 0 Å². The molecule has 0 radical (unpaired) electrons. The molecule has 4 fully saturated rings. The van der Waals surface area contributed by atoms with Gasteiger partial charge in [0.1, 0.15) is 0 Å². The fourth-order valence-electron chi connectivity index (χ4n) is 5.36. The number of hydrogen-bond donors (Lipinski definition) is 1. The van der Waals surface area contributed by atoms with Crippen LogP contribution in [0.3, 0.4) is 0 Å². The molecule has 5 rings (SSSR count). The third-order valence-corrected chi connectivity index (χ3v) is 5.87. The number of nitrogens with zero attached hydrogens (tertiary/aromatic N) is 1. The lowest BCUT2D eigenvalue weighted by Crippen LogP contribution is -3.00. The number of anilines is 1. The summed E-state index contributed by atoms with van der Waals surface area (Å²) in [6, 6.07) is 3.74. The zero-order valence-electron chi connectivity index (χ0n) is 12.3. The quantitative estimate of drug-likeness (QED) is 0.736. The first kappa shape index (κ1) is 15.0. The summed E-state index contributed by atoms with van der Waals surface area (Å²) in [5, 5.41) is 0. The number of nitrogen functional groups attached to an aromatic ring is 1. The number of aromatic nitrogens is 1. The van der Waals surface area contributed by atoms with E-state index in [0.717, 1.165) is 42.7 Å². The van der Waals surface area contributed by atoms with Gasteiger partial charge in [-0.25, -0.2) is 0 Å². The average Bonchev–Trinajstić information content (AvgIpc) is 2.40. The van der Waals surface area contributed by atoms with Gasteiger partial charge >= 0.3 is 0 Å². The molecule has 0 unspecified atom stereocenters. The maximum atomic E-state index is 12.9. The van der Waals surface area contributed by atoms with E-state index in [9.17, 15) is 4.79 Å². The van der Waals surface area contributed by atoms with E-state index >= 15 is 0 Å². The average molecular weight is 351 g/mol. The van der Waals surface area contributed by atoms with E-state index in [1.54, 1.807) is 0 Å². The Labute approximate surface area is 136 Å². The molecule has 4 saturated carbocycles. The molecule has 3 nitrogen and oxygen atoms in total. The minimum absolute atomic E-state index is 0. The molecule has 1 aromatic heterocycles. The van der Waals surface area contributed by atoms with Crippen molar-refractivity contribution >= 4 is 11.5 Å². The normalized spacial score (nSPS) is 36.3. The van der Waals surface area contributed by atoms with Crippen molar-refractivity contribution in [2.24, 2.45) is 23.2 Å². The van der Waals surface area contributed by atoms with Gasteiger partial charge in [-0.05, 0) is 56.3 Å². The van der Waals surface area contributed by atoms with Crippen LogP contribution in [-0.4, -0.2) is 5.78 Å². The highest BCUT2D eigenvalue weighted by molar-refractivity contribution is 5.84. The maximum absolute atomic E-state index is 12.9. The topological polar surface area (TPSA) is 47.0 Å². The van der Waals surface area contributed by atoms with E-state index in [-0.39, 0.29) is 22.4 Å². The molecule has 1 heterocycles. The molecule has 4 aliphatic carbocycles. The zero-order chi connectivity index (χ0) is 13.7. The van der Waals surface area contributed by atoms with Gasteiger partial charge in [-0.3, -0.25) is 4.79 Å². The summed E-state index contributed by atoms with van der Waals surface area (Å²) < 4.78 is 1.98. The second kappa shape index (κ2) is 5.38. The Kier molecular flexibility index (Phi) is 3.85. The van der Waals surface area contributed by atoms with Gasteiger partial charge in [-0.2, -0.15) is 4.57 Å². The molecule has 4 aliphatic rings. The number of carbonyl (C=O) groups is 1. The smallest absolute Gasteiger partial charge is 0.207 e. The number of rotatable bonds is 3. The molecule has 0 atom stereocenters. The highest BCUT2D eigenvalue weighted by Crippen LogP contribution is 2.60. The van der Waals surface area contributed by atoms with E-state index in [1.165, 1.54) is 19.3 Å². The Hall–Kier alpha value is -0.900. The molecule has 21 heavy (non-hydrogen) atoms. The van der Waals surface area contributed by atoms with Crippen LogP contribution in [0, 0.1) is 23.2 Å². The van der Waals surface area contributed by atoms with E-state index in [4.69, 9.17) is 5.73 Å². The van der Waals surface area contributed by atoms with Gasteiger partial charge in [0.15, 0.2) is 12.4 Å². The third kappa shape index (κ3) is 2.63. The number of ketones is 1. The molecule has 0 amide bonds. The molecule has 0 aromatic carbocycles. The monoisotopic (exact) mass is 350 g/mol. The second-order valence-electron chi connectivity index (χ2n) is 7.42. The van der Waals surface area contributed by atoms with Gasteiger partial charge in [0.25, 0.3) is 0 Å². The molecule has 4 heteroatoms. The molecule has 0 aliphatic heterocycles. The van der Waals surface area contributed by atoms with Gasteiger partial charge < -0.3 is 22.7 Å². The number of hydrogen-bond acceptors (Lipinski definition) is 2. The van der Waals surface area contributed by atoms with Crippen molar-refractivity contribution in [3.63, 3.8) is 0 Å². The Morgan fingerprint density at radius 2 is 1.57 bits per heavy atom. The predicted octanol–water partition coefficient (Wildman–Crippen LogP) is -0.654. The molecular weight excluding hydrogens is 328 g/mol. The number of carbonyl (C=O) groups excluding carboxylic acids is 1. The Balaban J connectivity index is 0.00000132. The highest BCUT2D eigenvalue weighted by atomic mass is 79.9. The van der Waals surface area contributed by atoms with Gasteiger partial charge in [0, 0.05) is 23.2 Å². The first-order valence-electron chi connectivity index (χ1n) is 7.91. The van der Waals surface area contributed by atoms with Crippen LogP contribution in [-0.2, 0) is 11.3 Å². The lowest BCUT2D eigenvalue weighted by molar-refractivity contribution is -0.684. The summed E-state index contributed by atoms with van der Waals surface area (Å²) in [5.41, 5.74) is 6.48. The SMILES string of the molecule is Nc1cc[n+](CC(=O)C23CC4CC(CC(C4)C2)C3)cc1.[Br-]. The van der Waals surface area contributed by atoms with Crippen LogP contribution < -0.4 is 27.3 Å². The van der Waals surface area contributed by atoms with E-state index in [1.807, 2.05) is 29.1 Å². The molecule has 114 valence electrons. The van der Waals surface area contributed by atoms with Crippen molar-refractivity contribution in [2.75, 3.05) is 5.73 Å². The fourth-order valence-corrected chi connectivity index (χ4v) is 5.36. The first-order chi connectivity index (χ1) is 9.63. The Bertz CT molecular complexity index is 505. The number of nitrogens with two attached hydrogens (primary N) is 1. The predicted molar refractivity (Wildman–Crippen MR) is 76.7 cm³/mol. The largest absolute Gasteiger partial charge is 1.00 e. The van der Waals surface area contributed by atoms with Crippen molar-refractivity contribution in [3.05, 3.63) is 24.5 Å². The molecular formula is C17H23BrN2O. The second-order valence-corrected chi connectivity index (χ2v) is 7.42. The van der Waals surface area contributed by atoms with Crippen molar-refractivity contribution in [1.82, 2.24) is 0 Å². The van der Waals surface area contributed by atoms with Gasteiger partial charge in [0.2, 0.25) is 12.3 Å². The van der Waals surface area contributed by atoms with E-state index in [2.05, 4.69) is 0 Å². The molecule has 0 saturated heterocycles. The number of Topliss-reactive ketones (excluding diaryl/α,β-unsaturated/α-hetero) is 1. The van der Waals surface area contributed by atoms with Crippen LogP contribution in [0.5, 0.6) is 0 Å². The summed E-state index contributed by atoms with van der Waals surface area (Å²) in [7, 11) is 0. The Morgan fingerprint density at radius 3 is 2.05 bits per heavy atom. The van der Waals surface area contributed by atoms with E-state index in [0.29, 0.717) is 12.3 Å². The molecule has 2 N–H and O–H groups in total. The maximum Gasteiger partial charge on any atom is 0.207 e. The van der Waals surface area contributed by atoms with Crippen molar-refractivity contribution in [3.8, 4) is 0 Å². The lowest BCUT2D eigenvalue weighted by atomic mass is 9.48. The van der Waals surface area contributed by atoms with Crippen LogP contribution in [0.1, 0.15) is 38.5 Å². The van der Waals surface area contributed by atoms with Gasteiger partial charge in [-0.15, -0.1) is 0 Å². The standard InChI is InChI=1S/C17H22N2O.BrH/c18-15-1-3-19(4-2-15)11-16(20)17-8-12-5-13(9-17)7-14(6-12)10-17;/h1-4,12-14,18H,5-11H2;1H. The summed E-state index contributed by atoms with van der Waals surface area (Å²) in [5.74, 6) is 2.97. The minimum Gasteiger partial charge on any atom is -1.00 e. The van der Waals surface area contributed by atoms with Crippen LogP contribution in [0.15, 0.2) is 24.5 Å². The summed E-state index contributed by atoms with van der Waals surface area (Å²) in [6.45, 7) is 0.520. The minimum atomic E-state index is 0. The van der Waals surface area contributed by atoms with Crippen LogP contribution in [0.2, 0.25) is 0 Å². The number of pyridine rings is 1. The number of halogens is 1. The molecule has 1 aromatic rings. The summed E-state index contributed by atoms with van der Waals surface area (Å²) in [4.78, 5) is 12.9. The third-order valence-electron chi connectivity index (χ3n) is 5.87. The molecule has 4 bridgehead atoms. The Morgan fingerprint density at radius 1 is 1.10 bits per heavy atom. The fraction of sp³-hybridized carbons (Fsp3) is 0.647. The van der Waals surface area contributed by atoms with Crippen molar-refractivity contribution in [1.29, 1.82) is 0 Å². The lowest BCUT2D eigenvalue weighted by Gasteiger charge is -2.55. The zero-order valence-corrected chi connectivity index (χ0v) is 13.9. The van der Waals surface area contributed by atoms with Crippen molar-refractivity contribution in [2.45, 2.75) is 45.1 Å². The van der Waals surface area contributed by atoms with Crippen LogP contribution in [0.4, 0.5) is 5.69 Å². The van der Waals surface area contributed by atoms with Crippen molar-refractivity contribution < 1.29 is 26.3 Å². The summed E-state index contributed by atoms with van der Waals surface area (Å²) >= 11 is 0. The van der Waals surface area contributed by atoms with Gasteiger partial charge in [-0.1, -0.05) is 0 Å². The van der Waals surface area contributed by atoms with Gasteiger partial charge in [0.05, 0.1) is 0 Å². The highest BCUT2D eigenvalue weighted by Gasteiger charge is 2.54. The first-order valence-corrected chi connectivity index (χ1v) is 7.91.